The zero-order chi connectivity index (χ0) is 18.1. The van der Waals surface area contributed by atoms with Crippen molar-refractivity contribution in [1.29, 1.82) is 5.26 Å². The van der Waals surface area contributed by atoms with Crippen molar-refractivity contribution < 1.29 is 14.2 Å². The van der Waals surface area contributed by atoms with Crippen LogP contribution in [0, 0.1) is 11.3 Å². The van der Waals surface area contributed by atoms with Gasteiger partial charge in [0.25, 0.3) is 0 Å². The number of rotatable bonds is 3. The number of allylic oxidation sites excluding steroid dienone is 1. The van der Waals surface area contributed by atoms with Gasteiger partial charge in [-0.1, -0.05) is 6.07 Å². The van der Waals surface area contributed by atoms with Crippen molar-refractivity contribution in [2.45, 2.75) is 5.92 Å². The van der Waals surface area contributed by atoms with Gasteiger partial charge in [0.1, 0.15) is 28.9 Å². The smallest absolute Gasteiger partial charge is 0.205 e. The first-order valence-electron chi connectivity index (χ1n) is 7.38. The predicted octanol–water partition coefficient (Wildman–Crippen LogP) is 3.27. The van der Waals surface area contributed by atoms with Crippen molar-refractivity contribution in [2.75, 3.05) is 20.0 Å². The van der Waals surface area contributed by atoms with Crippen LogP contribution >= 0.6 is 15.9 Å². The molecule has 1 aliphatic rings. The summed E-state index contributed by atoms with van der Waals surface area (Å²) in [6.45, 7) is 0. The van der Waals surface area contributed by atoms with Gasteiger partial charge in [-0.3, -0.25) is 0 Å². The second kappa shape index (κ2) is 6.57. The summed E-state index contributed by atoms with van der Waals surface area (Å²) >= 11 is 3.48. The van der Waals surface area contributed by atoms with Crippen molar-refractivity contribution in [2.24, 2.45) is 5.73 Å². The maximum atomic E-state index is 9.64. The summed E-state index contributed by atoms with van der Waals surface area (Å²) in [6.07, 6.45) is 0. The van der Waals surface area contributed by atoms with E-state index in [1.807, 2.05) is 12.1 Å². The van der Waals surface area contributed by atoms with E-state index in [1.165, 1.54) is 0 Å². The molecule has 0 aromatic heterocycles. The zero-order valence-corrected chi connectivity index (χ0v) is 15.3. The van der Waals surface area contributed by atoms with Gasteiger partial charge in [-0.2, -0.15) is 5.26 Å². The molecule has 4 N–H and O–H groups in total. The van der Waals surface area contributed by atoms with Crippen LogP contribution < -0.4 is 25.7 Å². The fourth-order valence-corrected chi connectivity index (χ4v) is 3.42. The summed E-state index contributed by atoms with van der Waals surface area (Å²) in [5, 5.41) is 9.64. The third kappa shape index (κ3) is 2.85. The number of anilines is 1. The van der Waals surface area contributed by atoms with Crippen molar-refractivity contribution in [3.63, 3.8) is 0 Å². The molecule has 1 atom stereocenters. The standard InChI is InChI=1S/C18H16BrN3O3/c1-23-14-7-16(24-2)13(19)6-11(14)17-10-4-3-9(21)5-15(10)25-18(22)12(17)8-20/h3-7,17H,21-22H2,1-2H3/t17-/m0/s1. The number of nitriles is 1. The lowest BCUT2D eigenvalue weighted by Crippen LogP contribution is -2.21. The lowest BCUT2D eigenvalue weighted by molar-refractivity contribution is 0.381. The molecule has 0 spiro atoms. The molecule has 0 amide bonds. The number of benzene rings is 2. The Hall–Kier alpha value is -2.85. The lowest BCUT2D eigenvalue weighted by Gasteiger charge is -2.28. The molecule has 2 aromatic rings. The second-order valence-corrected chi connectivity index (χ2v) is 6.31. The number of halogens is 1. The van der Waals surface area contributed by atoms with E-state index in [1.54, 1.807) is 32.4 Å². The molecule has 0 saturated carbocycles. The summed E-state index contributed by atoms with van der Waals surface area (Å²) in [5.41, 5.74) is 14.2. The molecule has 6 nitrogen and oxygen atoms in total. The first-order chi connectivity index (χ1) is 12.0. The number of ether oxygens (including phenoxy) is 3. The fraction of sp³-hybridized carbons (Fsp3) is 0.167. The van der Waals surface area contributed by atoms with Gasteiger partial charge in [0.05, 0.1) is 24.6 Å². The van der Waals surface area contributed by atoms with Crippen LogP contribution in [0.5, 0.6) is 17.2 Å². The molecule has 0 unspecified atom stereocenters. The third-order valence-electron chi connectivity index (χ3n) is 4.06. The monoisotopic (exact) mass is 401 g/mol. The van der Waals surface area contributed by atoms with Crippen LogP contribution in [-0.4, -0.2) is 14.2 Å². The van der Waals surface area contributed by atoms with Crippen molar-refractivity contribution >= 4 is 21.6 Å². The molecular weight excluding hydrogens is 386 g/mol. The maximum absolute atomic E-state index is 9.64. The first kappa shape index (κ1) is 17.0. The van der Waals surface area contributed by atoms with Gasteiger partial charge in [0.2, 0.25) is 5.88 Å². The van der Waals surface area contributed by atoms with Crippen molar-refractivity contribution in [3.05, 3.63) is 57.4 Å². The molecule has 1 aliphatic heterocycles. The zero-order valence-electron chi connectivity index (χ0n) is 13.7. The van der Waals surface area contributed by atoms with Crippen LogP contribution in [0.3, 0.4) is 0 Å². The van der Waals surface area contributed by atoms with Gasteiger partial charge in [-0.15, -0.1) is 0 Å². The summed E-state index contributed by atoms with van der Waals surface area (Å²) in [6, 6.07) is 11.1. The number of nitrogens with zero attached hydrogens (tertiary/aromatic N) is 1. The minimum absolute atomic E-state index is 0.0552. The Labute approximate surface area is 153 Å². The summed E-state index contributed by atoms with van der Waals surface area (Å²) in [5.74, 6) is 1.34. The van der Waals surface area contributed by atoms with Crippen LogP contribution in [0.15, 0.2) is 46.3 Å². The predicted molar refractivity (Wildman–Crippen MR) is 97.4 cm³/mol. The molecule has 0 saturated heterocycles. The van der Waals surface area contributed by atoms with Crippen molar-refractivity contribution in [1.82, 2.24) is 0 Å². The quantitative estimate of drug-likeness (QED) is 0.764. The molecule has 128 valence electrons. The second-order valence-electron chi connectivity index (χ2n) is 5.45. The number of methoxy groups -OCH3 is 2. The van der Waals surface area contributed by atoms with E-state index in [2.05, 4.69) is 22.0 Å². The highest BCUT2D eigenvalue weighted by Gasteiger charge is 2.33. The van der Waals surface area contributed by atoms with Crippen LogP contribution in [0.4, 0.5) is 5.69 Å². The van der Waals surface area contributed by atoms with Gasteiger partial charge < -0.3 is 25.7 Å². The Kier molecular flexibility index (Phi) is 4.47. The molecule has 1 heterocycles. The lowest BCUT2D eigenvalue weighted by atomic mass is 9.83. The highest BCUT2D eigenvalue weighted by atomic mass is 79.9. The van der Waals surface area contributed by atoms with Gasteiger partial charge in [-0.25, -0.2) is 0 Å². The van der Waals surface area contributed by atoms with Crippen LogP contribution in [0.2, 0.25) is 0 Å². The Morgan fingerprint density at radius 2 is 1.80 bits per heavy atom. The Bertz CT molecular complexity index is 919. The number of fused-ring (bicyclic) bond motifs is 1. The molecule has 0 radical (unpaired) electrons. The van der Waals surface area contributed by atoms with Gasteiger partial charge in [0, 0.05) is 28.9 Å². The molecule has 2 aromatic carbocycles. The van der Waals surface area contributed by atoms with E-state index in [-0.39, 0.29) is 5.88 Å². The molecule has 7 heteroatoms. The minimum atomic E-state index is -0.438. The number of hydrogen-bond donors (Lipinski definition) is 2. The maximum Gasteiger partial charge on any atom is 0.205 e. The summed E-state index contributed by atoms with van der Waals surface area (Å²) < 4.78 is 17.2. The van der Waals surface area contributed by atoms with Crippen LogP contribution in [0.25, 0.3) is 0 Å². The molecule has 3 rings (SSSR count). The topological polar surface area (TPSA) is 104 Å². The SMILES string of the molecule is COc1cc(OC)c([C@H]2C(C#N)=C(N)Oc3cc(N)ccc32)cc1Br. The molecule has 0 aliphatic carbocycles. The molecule has 0 bridgehead atoms. The number of nitrogen functional groups attached to an aromatic ring is 1. The number of hydrogen-bond acceptors (Lipinski definition) is 6. The minimum Gasteiger partial charge on any atom is -0.496 e. The molecule has 0 fully saturated rings. The molecule has 25 heavy (non-hydrogen) atoms. The van der Waals surface area contributed by atoms with E-state index >= 15 is 0 Å². The Balaban J connectivity index is 2.28. The normalized spacial score (nSPS) is 15.8. The first-order valence-corrected chi connectivity index (χ1v) is 8.17. The third-order valence-corrected chi connectivity index (χ3v) is 4.68. The fourth-order valence-electron chi connectivity index (χ4n) is 2.90. The average molecular weight is 402 g/mol. The van der Waals surface area contributed by atoms with Crippen LogP contribution in [0.1, 0.15) is 17.0 Å². The van der Waals surface area contributed by atoms with Gasteiger partial charge in [-0.05, 0) is 28.1 Å². The highest BCUT2D eigenvalue weighted by molar-refractivity contribution is 9.10. The largest absolute Gasteiger partial charge is 0.496 e. The summed E-state index contributed by atoms with van der Waals surface area (Å²) in [7, 11) is 3.14. The summed E-state index contributed by atoms with van der Waals surface area (Å²) in [4.78, 5) is 0. The molecular formula is C18H16BrN3O3. The van der Waals surface area contributed by atoms with Crippen LogP contribution in [-0.2, 0) is 0 Å². The van der Waals surface area contributed by atoms with Gasteiger partial charge >= 0.3 is 0 Å². The average Bonchev–Trinajstić information content (AvgIpc) is 2.60. The van der Waals surface area contributed by atoms with E-state index in [9.17, 15) is 5.26 Å². The highest BCUT2D eigenvalue weighted by Crippen LogP contribution is 2.47. The van der Waals surface area contributed by atoms with E-state index < -0.39 is 5.92 Å². The Morgan fingerprint density at radius 1 is 1.08 bits per heavy atom. The van der Waals surface area contributed by atoms with E-state index in [4.69, 9.17) is 25.7 Å². The Morgan fingerprint density at radius 3 is 2.44 bits per heavy atom. The van der Waals surface area contributed by atoms with E-state index in [0.29, 0.717) is 28.5 Å². The van der Waals surface area contributed by atoms with Gasteiger partial charge in [0.15, 0.2) is 0 Å². The van der Waals surface area contributed by atoms with E-state index in [0.717, 1.165) is 15.6 Å². The number of nitrogens with two attached hydrogens (primary N) is 2. The van der Waals surface area contributed by atoms with Crippen molar-refractivity contribution in [3.8, 4) is 23.3 Å².